The normalized spacial score (nSPS) is 11.5. The molecular formula is C19H13N3O3. The van der Waals surface area contributed by atoms with Crippen LogP contribution in [0.2, 0.25) is 0 Å². The molecule has 0 aliphatic heterocycles. The Kier molecular flexibility index (Phi) is 3.43. The van der Waals surface area contributed by atoms with Gasteiger partial charge < -0.3 is 10.1 Å². The SMILES string of the molecule is O=C(O)/C=C/c1ccc2[nH]c(=O)c3cnc(-c4ccccc4)n3c2c1. The Morgan fingerprint density at radius 3 is 2.68 bits per heavy atom. The van der Waals surface area contributed by atoms with Gasteiger partial charge in [-0.25, -0.2) is 9.78 Å². The standard InChI is InChI=1S/C19H13N3O3/c23-17(24)9-7-12-6-8-14-15(10-12)22-16(19(25)21-14)11-20-18(22)13-4-2-1-3-5-13/h1-11H,(H,21,25)(H,23,24)/b9-7+. The number of aliphatic carboxylic acids is 1. The molecule has 0 spiro atoms. The number of rotatable bonds is 3. The summed E-state index contributed by atoms with van der Waals surface area (Å²) in [5, 5.41) is 8.81. The van der Waals surface area contributed by atoms with E-state index in [1.165, 1.54) is 6.08 Å². The Labute approximate surface area is 141 Å². The molecule has 0 saturated carbocycles. The van der Waals surface area contributed by atoms with E-state index in [-0.39, 0.29) is 5.56 Å². The smallest absolute Gasteiger partial charge is 0.328 e. The van der Waals surface area contributed by atoms with Gasteiger partial charge in [-0.2, -0.15) is 0 Å². The number of nitrogens with zero attached hydrogens (tertiary/aromatic N) is 2. The van der Waals surface area contributed by atoms with Crippen molar-refractivity contribution in [1.82, 2.24) is 14.4 Å². The van der Waals surface area contributed by atoms with Gasteiger partial charge in [0.1, 0.15) is 11.3 Å². The Bertz CT molecular complexity index is 1190. The lowest BCUT2D eigenvalue weighted by molar-refractivity contribution is -0.131. The highest BCUT2D eigenvalue weighted by molar-refractivity contribution is 5.88. The summed E-state index contributed by atoms with van der Waals surface area (Å²) in [4.78, 5) is 30.3. The Morgan fingerprint density at radius 1 is 1.12 bits per heavy atom. The van der Waals surface area contributed by atoms with Crippen molar-refractivity contribution in [3.63, 3.8) is 0 Å². The highest BCUT2D eigenvalue weighted by Gasteiger charge is 2.12. The molecule has 4 aromatic rings. The average Bonchev–Trinajstić information content (AvgIpc) is 3.07. The molecule has 0 atom stereocenters. The van der Waals surface area contributed by atoms with Crippen LogP contribution >= 0.6 is 0 Å². The van der Waals surface area contributed by atoms with Crippen molar-refractivity contribution in [2.45, 2.75) is 0 Å². The van der Waals surface area contributed by atoms with E-state index in [0.29, 0.717) is 16.9 Å². The first-order valence-corrected chi connectivity index (χ1v) is 7.63. The number of aromatic amines is 1. The number of hydrogen-bond acceptors (Lipinski definition) is 3. The zero-order valence-electron chi connectivity index (χ0n) is 13.0. The lowest BCUT2D eigenvalue weighted by atomic mass is 10.1. The van der Waals surface area contributed by atoms with E-state index in [9.17, 15) is 9.59 Å². The summed E-state index contributed by atoms with van der Waals surface area (Å²) in [6, 6.07) is 14.9. The van der Waals surface area contributed by atoms with Crippen LogP contribution in [0.4, 0.5) is 0 Å². The van der Waals surface area contributed by atoms with E-state index >= 15 is 0 Å². The summed E-state index contributed by atoms with van der Waals surface area (Å²) < 4.78 is 1.79. The van der Waals surface area contributed by atoms with Gasteiger partial charge in [-0.15, -0.1) is 0 Å². The first kappa shape index (κ1) is 14.9. The van der Waals surface area contributed by atoms with E-state index in [1.54, 1.807) is 22.7 Å². The molecule has 4 rings (SSSR count). The molecule has 0 amide bonds. The summed E-state index contributed by atoms with van der Waals surface area (Å²) >= 11 is 0. The third-order valence-electron chi connectivity index (χ3n) is 3.96. The fourth-order valence-corrected chi connectivity index (χ4v) is 2.84. The molecule has 2 heterocycles. The molecule has 0 radical (unpaired) electrons. The van der Waals surface area contributed by atoms with Crippen molar-refractivity contribution in [3.05, 3.63) is 76.7 Å². The maximum absolute atomic E-state index is 12.3. The first-order valence-electron chi connectivity index (χ1n) is 7.63. The van der Waals surface area contributed by atoms with Crippen LogP contribution in [-0.2, 0) is 4.79 Å². The third kappa shape index (κ3) is 2.59. The number of aromatic nitrogens is 3. The molecule has 0 bridgehead atoms. The van der Waals surface area contributed by atoms with Crippen LogP contribution in [0.15, 0.2) is 65.6 Å². The van der Waals surface area contributed by atoms with Gasteiger partial charge in [-0.05, 0) is 23.8 Å². The van der Waals surface area contributed by atoms with Crippen molar-refractivity contribution in [1.29, 1.82) is 0 Å². The van der Waals surface area contributed by atoms with Crippen LogP contribution in [0.3, 0.4) is 0 Å². The van der Waals surface area contributed by atoms with Gasteiger partial charge in [-0.3, -0.25) is 9.20 Å². The molecular weight excluding hydrogens is 318 g/mol. The molecule has 6 nitrogen and oxygen atoms in total. The van der Waals surface area contributed by atoms with Gasteiger partial charge >= 0.3 is 5.97 Å². The minimum atomic E-state index is -1.01. The predicted octanol–water partition coefficient (Wildman–Crippen LogP) is 2.94. The Hall–Kier alpha value is -3.67. The van der Waals surface area contributed by atoms with E-state index < -0.39 is 5.97 Å². The number of fused-ring (bicyclic) bond motifs is 3. The molecule has 0 aliphatic rings. The second-order valence-electron chi connectivity index (χ2n) is 5.57. The largest absolute Gasteiger partial charge is 0.478 e. The molecule has 2 N–H and O–H groups in total. The number of H-pyrrole nitrogens is 1. The van der Waals surface area contributed by atoms with Crippen molar-refractivity contribution in [2.75, 3.05) is 0 Å². The summed E-state index contributed by atoms with van der Waals surface area (Å²) in [5.74, 6) is -0.356. The quantitative estimate of drug-likeness (QED) is 0.565. The lowest BCUT2D eigenvalue weighted by Crippen LogP contribution is -2.10. The number of carbonyl (C=O) groups is 1. The molecule has 25 heavy (non-hydrogen) atoms. The Balaban J connectivity index is 2.06. The predicted molar refractivity (Wildman–Crippen MR) is 95.4 cm³/mol. The molecule has 0 fully saturated rings. The van der Waals surface area contributed by atoms with E-state index in [4.69, 9.17) is 5.11 Å². The van der Waals surface area contributed by atoms with Gasteiger partial charge in [0.15, 0.2) is 0 Å². The van der Waals surface area contributed by atoms with Crippen molar-refractivity contribution in [3.8, 4) is 11.4 Å². The molecule has 2 aromatic heterocycles. The van der Waals surface area contributed by atoms with Gasteiger partial charge in [-0.1, -0.05) is 36.4 Å². The highest BCUT2D eigenvalue weighted by atomic mass is 16.4. The number of nitrogens with one attached hydrogen (secondary N) is 1. The molecule has 6 heteroatoms. The second-order valence-corrected chi connectivity index (χ2v) is 5.57. The number of carboxylic acid groups (broad SMARTS) is 1. The van der Waals surface area contributed by atoms with Gasteiger partial charge in [0, 0.05) is 11.6 Å². The number of benzene rings is 2. The average molecular weight is 331 g/mol. The molecule has 122 valence electrons. The Morgan fingerprint density at radius 2 is 1.92 bits per heavy atom. The summed E-state index contributed by atoms with van der Waals surface area (Å²) in [5.41, 5.74) is 3.22. The first-order chi connectivity index (χ1) is 12.1. The van der Waals surface area contributed by atoms with Gasteiger partial charge in [0.05, 0.1) is 17.2 Å². The van der Waals surface area contributed by atoms with Crippen molar-refractivity contribution < 1.29 is 9.90 Å². The van der Waals surface area contributed by atoms with E-state index in [1.807, 2.05) is 36.4 Å². The number of carboxylic acids is 1. The maximum Gasteiger partial charge on any atom is 0.328 e. The molecule has 0 aliphatic carbocycles. The van der Waals surface area contributed by atoms with Crippen LogP contribution in [0.1, 0.15) is 5.56 Å². The van der Waals surface area contributed by atoms with Crippen LogP contribution < -0.4 is 5.56 Å². The maximum atomic E-state index is 12.3. The zero-order chi connectivity index (χ0) is 17.4. The fraction of sp³-hybridized carbons (Fsp3) is 0. The van der Waals surface area contributed by atoms with E-state index in [2.05, 4.69) is 9.97 Å². The fourth-order valence-electron chi connectivity index (χ4n) is 2.84. The molecule has 0 unspecified atom stereocenters. The molecule has 2 aromatic carbocycles. The minimum Gasteiger partial charge on any atom is -0.478 e. The number of hydrogen-bond donors (Lipinski definition) is 2. The summed E-state index contributed by atoms with van der Waals surface area (Å²) in [6.45, 7) is 0. The zero-order valence-corrected chi connectivity index (χ0v) is 13.0. The van der Waals surface area contributed by atoms with Gasteiger partial charge in [0.25, 0.3) is 5.56 Å². The van der Waals surface area contributed by atoms with Gasteiger partial charge in [0.2, 0.25) is 0 Å². The minimum absolute atomic E-state index is 0.226. The summed E-state index contributed by atoms with van der Waals surface area (Å²) in [7, 11) is 0. The lowest BCUT2D eigenvalue weighted by Gasteiger charge is -2.07. The number of imidazole rings is 1. The monoisotopic (exact) mass is 331 g/mol. The highest BCUT2D eigenvalue weighted by Crippen LogP contribution is 2.23. The second kappa shape index (κ2) is 5.76. The van der Waals surface area contributed by atoms with Crippen LogP contribution in [-0.4, -0.2) is 25.4 Å². The molecule has 0 saturated heterocycles. The topological polar surface area (TPSA) is 87.5 Å². The van der Waals surface area contributed by atoms with Crippen molar-refractivity contribution >= 4 is 28.6 Å². The van der Waals surface area contributed by atoms with Crippen LogP contribution in [0.25, 0.3) is 34.0 Å². The van der Waals surface area contributed by atoms with Crippen LogP contribution in [0, 0.1) is 0 Å². The van der Waals surface area contributed by atoms with Crippen LogP contribution in [0.5, 0.6) is 0 Å². The van der Waals surface area contributed by atoms with E-state index in [0.717, 1.165) is 22.7 Å². The third-order valence-corrected chi connectivity index (χ3v) is 3.96. The van der Waals surface area contributed by atoms with Crippen molar-refractivity contribution in [2.24, 2.45) is 0 Å². The summed E-state index contributed by atoms with van der Waals surface area (Å²) in [6.07, 6.45) is 4.13.